The van der Waals surface area contributed by atoms with Crippen molar-refractivity contribution in [1.82, 2.24) is 5.32 Å². The van der Waals surface area contributed by atoms with Crippen LogP contribution in [0.1, 0.15) is 33.1 Å². The fourth-order valence-corrected chi connectivity index (χ4v) is 1.78. The van der Waals surface area contributed by atoms with E-state index in [0.29, 0.717) is 0 Å². The van der Waals surface area contributed by atoms with Crippen molar-refractivity contribution in [2.45, 2.75) is 45.2 Å². The van der Waals surface area contributed by atoms with Crippen molar-refractivity contribution < 1.29 is 0 Å². The summed E-state index contributed by atoms with van der Waals surface area (Å²) in [7, 11) is 0. The predicted molar refractivity (Wildman–Crippen MR) is 42.9 cm³/mol. The number of rotatable bonds is 3. The maximum atomic E-state index is 3.54. The molecule has 0 spiro atoms. The lowest BCUT2D eigenvalue weighted by Crippen LogP contribution is -2.02. The maximum absolute atomic E-state index is 3.54. The molecule has 1 nitrogen and oxygen atoms in total. The smallest absolute Gasteiger partial charge is 0.0247 e. The Bertz CT molecular complexity index is 127. The summed E-state index contributed by atoms with van der Waals surface area (Å²) in [6.45, 7) is 4.62. The summed E-state index contributed by atoms with van der Waals surface area (Å²) in [5.74, 6) is 1.95. The summed E-state index contributed by atoms with van der Waals surface area (Å²) in [6, 6.07) is 1.76. The lowest BCUT2D eigenvalue weighted by atomic mass is 10.1. The third kappa shape index (κ3) is 1.34. The standard InChI is InChI=1S/C9H17N/c1-6(2)9-8(10-9)5-7-3-4-7/h6-10H,3-5H2,1-2H3. The van der Waals surface area contributed by atoms with E-state index in [9.17, 15) is 0 Å². The van der Waals surface area contributed by atoms with E-state index in [1.807, 2.05) is 0 Å². The van der Waals surface area contributed by atoms with Gasteiger partial charge in [0.1, 0.15) is 0 Å². The molecule has 1 N–H and O–H groups in total. The fourth-order valence-electron chi connectivity index (χ4n) is 1.78. The third-order valence-electron chi connectivity index (χ3n) is 2.73. The normalized spacial score (nSPS) is 38.7. The van der Waals surface area contributed by atoms with Crippen molar-refractivity contribution in [3.8, 4) is 0 Å². The highest BCUT2D eigenvalue weighted by Crippen LogP contribution is 2.38. The molecule has 1 aliphatic carbocycles. The molecule has 1 heteroatoms. The van der Waals surface area contributed by atoms with E-state index in [4.69, 9.17) is 0 Å². The van der Waals surface area contributed by atoms with Crippen molar-refractivity contribution in [2.75, 3.05) is 0 Å². The highest BCUT2D eigenvalue weighted by molar-refractivity contribution is 5.01. The zero-order valence-electron chi connectivity index (χ0n) is 6.93. The molecule has 1 saturated heterocycles. The molecule has 1 saturated carbocycles. The number of hydrogen-bond acceptors (Lipinski definition) is 1. The van der Waals surface area contributed by atoms with Crippen molar-refractivity contribution in [3.63, 3.8) is 0 Å². The van der Waals surface area contributed by atoms with Crippen molar-refractivity contribution >= 4 is 0 Å². The Kier molecular flexibility index (Phi) is 1.48. The van der Waals surface area contributed by atoms with Crippen LogP contribution >= 0.6 is 0 Å². The zero-order chi connectivity index (χ0) is 7.14. The minimum Gasteiger partial charge on any atom is -0.308 e. The molecule has 0 radical (unpaired) electrons. The molecule has 1 aliphatic heterocycles. The van der Waals surface area contributed by atoms with Crippen molar-refractivity contribution in [2.24, 2.45) is 11.8 Å². The Morgan fingerprint density at radius 3 is 2.50 bits per heavy atom. The molecule has 1 heterocycles. The van der Waals surface area contributed by atoms with Crippen molar-refractivity contribution in [3.05, 3.63) is 0 Å². The fraction of sp³-hybridized carbons (Fsp3) is 1.00. The van der Waals surface area contributed by atoms with E-state index in [1.165, 1.54) is 19.3 Å². The van der Waals surface area contributed by atoms with E-state index >= 15 is 0 Å². The average Bonchev–Trinajstić information content (AvgIpc) is 2.63. The van der Waals surface area contributed by atoms with Gasteiger partial charge in [-0.05, 0) is 18.3 Å². The summed E-state index contributed by atoms with van der Waals surface area (Å²) in [5.41, 5.74) is 0. The van der Waals surface area contributed by atoms with E-state index in [1.54, 1.807) is 0 Å². The molecule has 0 aromatic heterocycles. The zero-order valence-corrected chi connectivity index (χ0v) is 6.93. The highest BCUT2D eigenvalue weighted by Gasteiger charge is 2.41. The van der Waals surface area contributed by atoms with Gasteiger partial charge in [0.05, 0.1) is 0 Å². The molecule has 0 aromatic carbocycles. The lowest BCUT2D eigenvalue weighted by molar-refractivity contribution is 0.593. The molecule has 0 bridgehead atoms. The molecule has 2 atom stereocenters. The summed E-state index contributed by atoms with van der Waals surface area (Å²) in [4.78, 5) is 0. The SMILES string of the molecule is CC(C)C1NC1CC1CC1. The minimum absolute atomic E-state index is 0.851. The number of hydrogen-bond donors (Lipinski definition) is 1. The van der Waals surface area contributed by atoms with Gasteiger partial charge in [-0.2, -0.15) is 0 Å². The first-order valence-corrected chi connectivity index (χ1v) is 4.53. The van der Waals surface area contributed by atoms with Gasteiger partial charge in [-0.15, -0.1) is 0 Å². The van der Waals surface area contributed by atoms with E-state index < -0.39 is 0 Å². The van der Waals surface area contributed by atoms with Gasteiger partial charge in [0, 0.05) is 12.1 Å². The van der Waals surface area contributed by atoms with Gasteiger partial charge in [-0.3, -0.25) is 0 Å². The van der Waals surface area contributed by atoms with Gasteiger partial charge in [0.15, 0.2) is 0 Å². The molecule has 0 amide bonds. The molecule has 10 heavy (non-hydrogen) atoms. The van der Waals surface area contributed by atoms with Gasteiger partial charge in [0.2, 0.25) is 0 Å². The third-order valence-corrected chi connectivity index (χ3v) is 2.73. The Morgan fingerprint density at radius 1 is 1.40 bits per heavy atom. The van der Waals surface area contributed by atoms with E-state index in [2.05, 4.69) is 19.2 Å². The summed E-state index contributed by atoms with van der Waals surface area (Å²) in [6.07, 6.45) is 4.47. The van der Waals surface area contributed by atoms with Crippen LogP contribution in [0.2, 0.25) is 0 Å². The second kappa shape index (κ2) is 2.23. The highest BCUT2D eigenvalue weighted by atomic mass is 15.2. The Morgan fingerprint density at radius 2 is 2.10 bits per heavy atom. The largest absolute Gasteiger partial charge is 0.308 e. The molecule has 2 fully saturated rings. The van der Waals surface area contributed by atoms with Gasteiger partial charge in [0.25, 0.3) is 0 Å². The van der Waals surface area contributed by atoms with Crippen LogP contribution in [0.15, 0.2) is 0 Å². The van der Waals surface area contributed by atoms with Gasteiger partial charge in [-0.1, -0.05) is 26.7 Å². The van der Waals surface area contributed by atoms with Crippen LogP contribution in [-0.4, -0.2) is 12.1 Å². The van der Waals surface area contributed by atoms with Crippen LogP contribution in [0.5, 0.6) is 0 Å². The first-order chi connectivity index (χ1) is 4.77. The molecular formula is C9H17N. The van der Waals surface area contributed by atoms with Gasteiger partial charge in [-0.25, -0.2) is 0 Å². The van der Waals surface area contributed by atoms with Gasteiger partial charge >= 0.3 is 0 Å². The molecule has 2 unspecified atom stereocenters. The van der Waals surface area contributed by atoms with Crippen LogP contribution < -0.4 is 5.32 Å². The monoisotopic (exact) mass is 139 g/mol. The predicted octanol–water partition coefficient (Wildman–Crippen LogP) is 1.78. The maximum Gasteiger partial charge on any atom is 0.0247 e. The van der Waals surface area contributed by atoms with Crippen LogP contribution in [-0.2, 0) is 0 Å². The summed E-state index contributed by atoms with van der Waals surface area (Å²) < 4.78 is 0. The van der Waals surface area contributed by atoms with E-state index in [0.717, 1.165) is 23.9 Å². The summed E-state index contributed by atoms with van der Waals surface area (Å²) in [5, 5.41) is 3.54. The van der Waals surface area contributed by atoms with Crippen molar-refractivity contribution in [1.29, 1.82) is 0 Å². The Hall–Kier alpha value is -0.0400. The molecule has 2 rings (SSSR count). The lowest BCUT2D eigenvalue weighted by Gasteiger charge is -1.98. The minimum atomic E-state index is 0.851. The topological polar surface area (TPSA) is 21.9 Å². The average molecular weight is 139 g/mol. The van der Waals surface area contributed by atoms with Gasteiger partial charge < -0.3 is 5.32 Å². The van der Waals surface area contributed by atoms with E-state index in [-0.39, 0.29) is 0 Å². The first kappa shape index (κ1) is 6.66. The second-order valence-corrected chi connectivity index (χ2v) is 4.22. The van der Waals surface area contributed by atoms with Crippen LogP contribution in [0.25, 0.3) is 0 Å². The van der Waals surface area contributed by atoms with Crippen LogP contribution in [0.4, 0.5) is 0 Å². The van der Waals surface area contributed by atoms with Crippen LogP contribution in [0, 0.1) is 11.8 Å². The van der Waals surface area contributed by atoms with Crippen LogP contribution in [0.3, 0.4) is 0 Å². The first-order valence-electron chi connectivity index (χ1n) is 4.53. The molecular weight excluding hydrogens is 122 g/mol. The summed E-state index contributed by atoms with van der Waals surface area (Å²) >= 11 is 0. The Labute approximate surface area is 63.2 Å². The second-order valence-electron chi connectivity index (χ2n) is 4.22. The molecule has 2 aliphatic rings. The number of nitrogens with one attached hydrogen (secondary N) is 1. The Balaban J connectivity index is 1.68. The quantitative estimate of drug-likeness (QED) is 0.591. The molecule has 0 aromatic rings. The molecule has 58 valence electrons.